The molecule has 0 spiro atoms. The number of ether oxygens (including phenoxy) is 3. The van der Waals surface area contributed by atoms with Gasteiger partial charge in [-0.3, -0.25) is 19.2 Å². The van der Waals surface area contributed by atoms with Crippen molar-refractivity contribution in [2.45, 2.75) is 92.5 Å². The maximum atomic E-state index is 12.2. The molecule has 0 fully saturated rings. The Bertz CT molecular complexity index is 530. The fourth-order valence-corrected chi connectivity index (χ4v) is 2.96. The van der Waals surface area contributed by atoms with Crippen molar-refractivity contribution < 1.29 is 33.4 Å². The van der Waals surface area contributed by atoms with Crippen molar-refractivity contribution in [1.29, 1.82) is 0 Å². The van der Waals surface area contributed by atoms with Crippen LogP contribution in [-0.2, 0) is 33.4 Å². The predicted octanol–water partition coefficient (Wildman–Crippen LogP) is 3.80. The Morgan fingerprint density at radius 3 is 1.12 bits per heavy atom. The molecule has 0 aliphatic heterocycles. The lowest BCUT2D eigenvalue weighted by Gasteiger charge is -2.34. The van der Waals surface area contributed by atoms with Crippen LogP contribution in [0.5, 0.6) is 0 Å². The number of carbonyl (C=O) groups is 4. The number of hydrogen-bond donors (Lipinski definition) is 1. The molecule has 0 aliphatic rings. The van der Waals surface area contributed by atoms with E-state index < -0.39 is 5.54 Å². The van der Waals surface area contributed by atoms with Gasteiger partial charge in [-0.1, -0.05) is 41.5 Å². The normalized spacial score (nSPS) is 11.6. The average molecular weight is 458 g/mol. The van der Waals surface area contributed by atoms with Crippen LogP contribution in [0, 0.1) is 17.8 Å². The Balaban J connectivity index is 5.28. The molecule has 0 aromatic rings. The van der Waals surface area contributed by atoms with Crippen LogP contribution in [0.1, 0.15) is 87.0 Å². The molecule has 8 nitrogen and oxygen atoms in total. The van der Waals surface area contributed by atoms with Crippen LogP contribution in [0.3, 0.4) is 0 Å². The smallest absolute Gasteiger partial charge is 0.305 e. The van der Waals surface area contributed by atoms with Gasteiger partial charge in [-0.2, -0.15) is 0 Å². The predicted molar refractivity (Wildman–Crippen MR) is 122 cm³/mol. The standard InChI is InChI=1S/C24H43NO7/c1-17(2)14-30-21(27)8-11-24(25-20(7)26,12-9-22(28)31-15-18(3)4)13-10-23(29)32-16-19(5)6/h17-19H,8-16H2,1-7H3,(H,25,26). The third-order valence-corrected chi connectivity index (χ3v) is 4.60. The first-order valence-electron chi connectivity index (χ1n) is 11.6. The van der Waals surface area contributed by atoms with Crippen molar-refractivity contribution in [3.63, 3.8) is 0 Å². The van der Waals surface area contributed by atoms with Crippen LogP contribution < -0.4 is 5.32 Å². The molecule has 0 radical (unpaired) electrons. The van der Waals surface area contributed by atoms with Gasteiger partial charge in [-0.05, 0) is 37.0 Å². The molecule has 0 saturated carbocycles. The summed E-state index contributed by atoms with van der Waals surface area (Å²) in [6, 6.07) is 0. The summed E-state index contributed by atoms with van der Waals surface area (Å²) in [7, 11) is 0. The molecule has 0 unspecified atom stereocenters. The molecule has 0 saturated heterocycles. The van der Waals surface area contributed by atoms with Gasteiger partial charge in [-0.15, -0.1) is 0 Å². The van der Waals surface area contributed by atoms with Gasteiger partial charge in [0.25, 0.3) is 0 Å². The van der Waals surface area contributed by atoms with E-state index in [0.29, 0.717) is 19.8 Å². The summed E-state index contributed by atoms with van der Waals surface area (Å²) in [4.78, 5) is 48.6. The maximum absolute atomic E-state index is 12.2. The summed E-state index contributed by atoms with van der Waals surface area (Å²) in [5.74, 6) is -0.789. The number of hydrogen-bond acceptors (Lipinski definition) is 7. The van der Waals surface area contributed by atoms with Crippen LogP contribution in [0.4, 0.5) is 0 Å². The van der Waals surface area contributed by atoms with Crippen LogP contribution in [0.2, 0.25) is 0 Å². The Morgan fingerprint density at radius 1 is 0.625 bits per heavy atom. The van der Waals surface area contributed by atoms with E-state index in [-0.39, 0.29) is 80.1 Å². The quantitative estimate of drug-likeness (QED) is 0.277. The highest BCUT2D eigenvalue weighted by Gasteiger charge is 2.33. The Morgan fingerprint density at radius 2 is 0.906 bits per heavy atom. The van der Waals surface area contributed by atoms with E-state index in [2.05, 4.69) is 5.32 Å². The van der Waals surface area contributed by atoms with E-state index >= 15 is 0 Å². The van der Waals surface area contributed by atoms with Gasteiger partial charge in [-0.25, -0.2) is 0 Å². The molecular weight excluding hydrogens is 414 g/mol. The fourth-order valence-electron chi connectivity index (χ4n) is 2.96. The van der Waals surface area contributed by atoms with E-state index in [1.165, 1.54) is 6.92 Å². The summed E-state index contributed by atoms with van der Waals surface area (Å²) in [5, 5.41) is 2.89. The van der Waals surface area contributed by atoms with E-state index in [1.54, 1.807) is 0 Å². The molecule has 1 N–H and O–H groups in total. The molecule has 0 aromatic heterocycles. The first-order valence-corrected chi connectivity index (χ1v) is 11.6. The SMILES string of the molecule is CC(=O)NC(CCC(=O)OCC(C)C)(CCC(=O)OCC(C)C)CCC(=O)OCC(C)C. The molecular formula is C24H43NO7. The zero-order valence-electron chi connectivity index (χ0n) is 21.0. The van der Waals surface area contributed by atoms with Crippen molar-refractivity contribution in [1.82, 2.24) is 5.32 Å². The molecule has 0 heterocycles. The highest BCUT2D eigenvalue weighted by atomic mass is 16.5. The third-order valence-electron chi connectivity index (χ3n) is 4.60. The van der Waals surface area contributed by atoms with Gasteiger partial charge < -0.3 is 19.5 Å². The van der Waals surface area contributed by atoms with Crippen LogP contribution in [0.25, 0.3) is 0 Å². The molecule has 0 atom stereocenters. The molecule has 0 aromatic carbocycles. The lowest BCUT2D eigenvalue weighted by molar-refractivity contribution is -0.146. The monoisotopic (exact) mass is 457 g/mol. The molecule has 0 rings (SSSR count). The second-order valence-corrected chi connectivity index (χ2v) is 9.69. The fraction of sp³-hybridized carbons (Fsp3) is 0.833. The Hall–Kier alpha value is -2.12. The van der Waals surface area contributed by atoms with Gasteiger partial charge in [0.15, 0.2) is 0 Å². The van der Waals surface area contributed by atoms with E-state index in [4.69, 9.17) is 14.2 Å². The zero-order chi connectivity index (χ0) is 24.7. The van der Waals surface area contributed by atoms with Gasteiger partial charge >= 0.3 is 17.9 Å². The molecule has 8 heteroatoms. The highest BCUT2D eigenvalue weighted by Crippen LogP contribution is 2.27. The largest absolute Gasteiger partial charge is 0.465 e. The number of nitrogens with one attached hydrogen (secondary N) is 1. The first-order chi connectivity index (χ1) is 14.8. The average Bonchev–Trinajstić information content (AvgIpc) is 2.69. The minimum absolute atomic E-state index is 0.0646. The van der Waals surface area contributed by atoms with Crippen LogP contribution in [-0.4, -0.2) is 49.2 Å². The van der Waals surface area contributed by atoms with Crippen molar-refractivity contribution >= 4 is 23.8 Å². The highest BCUT2D eigenvalue weighted by molar-refractivity contribution is 5.75. The minimum Gasteiger partial charge on any atom is -0.465 e. The van der Waals surface area contributed by atoms with E-state index in [0.717, 1.165) is 0 Å². The Kier molecular flexibility index (Phi) is 14.6. The molecule has 32 heavy (non-hydrogen) atoms. The van der Waals surface area contributed by atoms with Crippen molar-refractivity contribution in [2.24, 2.45) is 17.8 Å². The van der Waals surface area contributed by atoms with Crippen LogP contribution >= 0.6 is 0 Å². The maximum Gasteiger partial charge on any atom is 0.305 e. The molecule has 1 amide bonds. The van der Waals surface area contributed by atoms with Crippen molar-refractivity contribution in [2.75, 3.05) is 19.8 Å². The zero-order valence-corrected chi connectivity index (χ0v) is 21.0. The summed E-state index contributed by atoms with van der Waals surface area (Å²) in [6.45, 7) is 14.0. The first kappa shape index (κ1) is 29.9. The molecule has 186 valence electrons. The lowest BCUT2D eigenvalue weighted by atomic mass is 9.83. The van der Waals surface area contributed by atoms with E-state index in [1.807, 2.05) is 41.5 Å². The van der Waals surface area contributed by atoms with Gasteiger partial charge in [0.2, 0.25) is 5.91 Å². The number of esters is 3. The second kappa shape index (κ2) is 15.6. The molecule has 0 aliphatic carbocycles. The summed E-state index contributed by atoms with van der Waals surface area (Å²) < 4.78 is 15.7. The number of carbonyl (C=O) groups excluding carboxylic acids is 4. The van der Waals surface area contributed by atoms with Crippen molar-refractivity contribution in [3.05, 3.63) is 0 Å². The second-order valence-electron chi connectivity index (χ2n) is 9.69. The minimum atomic E-state index is -0.920. The number of amides is 1. The van der Waals surface area contributed by atoms with Gasteiger partial charge in [0, 0.05) is 31.7 Å². The summed E-state index contributed by atoms with van der Waals surface area (Å²) >= 11 is 0. The van der Waals surface area contributed by atoms with Gasteiger partial charge in [0.05, 0.1) is 19.8 Å². The Labute approximate surface area is 193 Å². The molecule has 0 bridgehead atoms. The van der Waals surface area contributed by atoms with Crippen molar-refractivity contribution in [3.8, 4) is 0 Å². The van der Waals surface area contributed by atoms with Crippen LogP contribution in [0.15, 0.2) is 0 Å². The summed E-state index contributed by atoms with van der Waals surface area (Å²) in [5.41, 5.74) is -0.920. The third kappa shape index (κ3) is 15.6. The summed E-state index contributed by atoms with van der Waals surface area (Å²) in [6.07, 6.45) is 0.939. The number of rotatable bonds is 16. The topological polar surface area (TPSA) is 108 Å². The van der Waals surface area contributed by atoms with E-state index in [9.17, 15) is 19.2 Å². The van der Waals surface area contributed by atoms with Gasteiger partial charge in [0.1, 0.15) is 0 Å². The lowest BCUT2D eigenvalue weighted by Crippen LogP contribution is -2.49.